The van der Waals surface area contributed by atoms with Gasteiger partial charge in [-0.3, -0.25) is 4.79 Å². The van der Waals surface area contributed by atoms with Crippen LogP contribution in [0.25, 0.3) is 5.57 Å². The van der Waals surface area contributed by atoms with E-state index < -0.39 is 5.97 Å². The Hall–Kier alpha value is -4.51. The molecule has 2 aromatic rings. The fraction of sp³-hybridized carbons (Fsp3) is 0.382. The van der Waals surface area contributed by atoms with Gasteiger partial charge in [0.25, 0.3) is 0 Å². The van der Waals surface area contributed by atoms with Crippen LogP contribution < -0.4 is 0 Å². The van der Waals surface area contributed by atoms with Gasteiger partial charge in [-0.25, -0.2) is 9.78 Å². The monoisotopic (exact) mass is 572 g/mol. The first-order chi connectivity index (χ1) is 20.1. The Kier molecular flexibility index (Phi) is 11.8. The number of benzene rings is 1. The number of hydrogen-bond donors (Lipinski definition) is 1. The van der Waals surface area contributed by atoms with Gasteiger partial charge in [-0.05, 0) is 56.2 Å². The second-order valence-corrected chi connectivity index (χ2v) is 10.5. The van der Waals surface area contributed by atoms with Crippen LogP contribution in [0.1, 0.15) is 66.2 Å². The number of amides is 1. The van der Waals surface area contributed by atoms with Gasteiger partial charge in [0.05, 0.1) is 18.6 Å². The topological polar surface area (TPSA) is 102 Å². The highest BCUT2D eigenvalue weighted by molar-refractivity contribution is 5.95. The minimum Gasteiger partial charge on any atom is -0.507 e. The fourth-order valence-corrected chi connectivity index (χ4v) is 4.34. The van der Waals surface area contributed by atoms with Crippen LogP contribution in [0.5, 0.6) is 5.75 Å². The SMILES string of the molecule is C=C(CC#C/C=C\CC/C=C/CN(C)C(=O)/C=C(\C)OC)c1nc(C[C@H](C)[C@H]2Cc3ccc(C)c(O)c3C(=O)O2)co1. The summed E-state index contributed by atoms with van der Waals surface area (Å²) in [6.07, 6.45) is 13.8. The standard InChI is InChI=1S/C34H40N2O6/c1-23-16-17-27-21-29(42-34(39)31(27)32(23)38)25(3)19-28-22-41-33(35-28)24(2)15-13-11-9-7-8-10-12-14-18-36(5)30(37)20-26(4)40-6/h7,9,12,14,16-17,20,22,25,29,38H,2,8,10,15,18-19,21H2,1,3-6H3/b9-7-,14-12+,26-20+/t25-,29+/m0/s1. The lowest BCUT2D eigenvalue weighted by Gasteiger charge is -2.29. The first-order valence-electron chi connectivity index (χ1n) is 14.0. The summed E-state index contributed by atoms with van der Waals surface area (Å²) in [4.78, 5) is 30.7. The lowest BCUT2D eigenvalue weighted by Crippen LogP contribution is -2.33. The number of rotatable bonds is 12. The number of unbranched alkanes of at least 4 members (excludes halogenated alkanes) is 1. The van der Waals surface area contributed by atoms with E-state index in [0.717, 1.165) is 24.1 Å². The summed E-state index contributed by atoms with van der Waals surface area (Å²) in [5.74, 6) is 6.52. The van der Waals surface area contributed by atoms with E-state index in [9.17, 15) is 14.7 Å². The van der Waals surface area contributed by atoms with E-state index in [-0.39, 0.29) is 29.2 Å². The number of ether oxygens (including phenoxy) is 2. The van der Waals surface area contributed by atoms with Crippen molar-refractivity contribution in [3.8, 4) is 17.6 Å². The molecule has 2 atom stereocenters. The highest BCUT2D eigenvalue weighted by Gasteiger charge is 2.33. The number of aryl methyl sites for hydroxylation is 1. The van der Waals surface area contributed by atoms with Gasteiger partial charge >= 0.3 is 5.97 Å². The Morgan fingerprint density at radius 3 is 2.83 bits per heavy atom. The molecule has 1 aliphatic heterocycles. The number of esters is 1. The lowest BCUT2D eigenvalue weighted by atomic mass is 9.88. The maximum Gasteiger partial charge on any atom is 0.342 e. The number of methoxy groups -OCH3 is 1. The molecule has 1 aliphatic rings. The molecular weight excluding hydrogens is 532 g/mol. The third-order valence-corrected chi connectivity index (χ3v) is 7.05. The van der Waals surface area contributed by atoms with Crippen LogP contribution in [-0.4, -0.2) is 53.7 Å². The largest absolute Gasteiger partial charge is 0.507 e. The van der Waals surface area contributed by atoms with E-state index in [1.165, 1.54) is 13.2 Å². The van der Waals surface area contributed by atoms with Crippen LogP contribution in [0.15, 0.2) is 65.5 Å². The number of fused-ring (bicyclic) bond motifs is 1. The van der Waals surface area contributed by atoms with Crippen molar-refractivity contribution < 1.29 is 28.6 Å². The number of nitrogens with zero attached hydrogens (tertiary/aromatic N) is 2. The van der Waals surface area contributed by atoms with Crippen molar-refractivity contribution in [2.24, 2.45) is 5.92 Å². The number of oxazole rings is 1. The van der Waals surface area contributed by atoms with Gasteiger partial charge in [0.2, 0.25) is 11.8 Å². The predicted octanol–water partition coefficient (Wildman–Crippen LogP) is 5.96. The average molecular weight is 573 g/mol. The first kappa shape index (κ1) is 32.0. The summed E-state index contributed by atoms with van der Waals surface area (Å²) in [7, 11) is 3.29. The van der Waals surface area contributed by atoms with E-state index >= 15 is 0 Å². The predicted molar refractivity (Wildman–Crippen MR) is 162 cm³/mol. The smallest absolute Gasteiger partial charge is 0.342 e. The molecule has 0 radical (unpaired) electrons. The molecule has 0 fully saturated rings. The van der Waals surface area contributed by atoms with E-state index in [0.29, 0.717) is 48.6 Å². The number of carbonyl (C=O) groups excluding carboxylic acids is 2. The van der Waals surface area contributed by atoms with Gasteiger partial charge < -0.3 is 23.9 Å². The zero-order chi connectivity index (χ0) is 30.6. The molecule has 0 spiro atoms. The fourth-order valence-electron chi connectivity index (χ4n) is 4.34. The van der Waals surface area contributed by atoms with Gasteiger partial charge in [0.1, 0.15) is 23.7 Å². The quantitative estimate of drug-likeness (QED) is 0.0837. The minimum absolute atomic E-state index is 0.00209. The normalized spacial score (nSPS) is 15.6. The van der Waals surface area contributed by atoms with Crippen LogP contribution in [0.4, 0.5) is 0 Å². The molecule has 0 unspecified atom stereocenters. The first-order valence-corrected chi connectivity index (χ1v) is 14.0. The van der Waals surface area contributed by atoms with Crippen LogP contribution in [0.2, 0.25) is 0 Å². The summed E-state index contributed by atoms with van der Waals surface area (Å²) in [6.45, 7) is 10.1. The number of allylic oxidation sites excluding steroid dienone is 5. The number of aromatic nitrogens is 1. The van der Waals surface area contributed by atoms with Crippen molar-refractivity contribution in [1.29, 1.82) is 0 Å². The molecule has 222 valence electrons. The van der Waals surface area contributed by atoms with Crippen molar-refractivity contribution in [2.75, 3.05) is 20.7 Å². The number of hydrogen-bond acceptors (Lipinski definition) is 7. The van der Waals surface area contributed by atoms with Crippen molar-refractivity contribution in [3.05, 3.63) is 89.4 Å². The number of cyclic esters (lactones) is 1. The third kappa shape index (κ3) is 9.00. The molecular formula is C34H40N2O6. The maximum absolute atomic E-state index is 12.6. The Bertz CT molecular complexity index is 1440. The number of phenols is 1. The molecule has 2 heterocycles. The van der Waals surface area contributed by atoms with E-state index in [4.69, 9.17) is 13.9 Å². The Morgan fingerprint density at radius 1 is 1.31 bits per heavy atom. The van der Waals surface area contributed by atoms with Gasteiger partial charge in [0.15, 0.2) is 0 Å². The van der Waals surface area contributed by atoms with Crippen molar-refractivity contribution in [2.45, 2.75) is 59.0 Å². The van der Waals surface area contributed by atoms with Crippen molar-refractivity contribution in [3.63, 3.8) is 0 Å². The molecule has 1 N–H and O–H groups in total. The van der Waals surface area contributed by atoms with E-state index in [1.807, 2.05) is 43.4 Å². The van der Waals surface area contributed by atoms with E-state index in [1.54, 1.807) is 32.1 Å². The Morgan fingerprint density at radius 2 is 2.07 bits per heavy atom. The lowest BCUT2D eigenvalue weighted by molar-refractivity contribution is -0.124. The molecule has 8 nitrogen and oxygen atoms in total. The zero-order valence-electron chi connectivity index (χ0n) is 25.1. The van der Waals surface area contributed by atoms with Crippen LogP contribution >= 0.6 is 0 Å². The third-order valence-electron chi connectivity index (χ3n) is 7.05. The summed E-state index contributed by atoms with van der Waals surface area (Å²) >= 11 is 0. The highest BCUT2D eigenvalue weighted by Crippen LogP contribution is 2.33. The highest BCUT2D eigenvalue weighted by atomic mass is 16.5. The van der Waals surface area contributed by atoms with Gasteiger partial charge in [-0.2, -0.15) is 0 Å². The number of likely N-dealkylation sites (N-methyl/N-ethyl adjacent to an activating group) is 1. The van der Waals surface area contributed by atoms with Crippen LogP contribution in [0.3, 0.4) is 0 Å². The molecule has 3 rings (SSSR count). The van der Waals surface area contributed by atoms with Gasteiger partial charge in [0, 0.05) is 38.1 Å². The van der Waals surface area contributed by atoms with Gasteiger partial charge in [-0.15, -0.1) is 0 Å². The summed E-state index contributed by atoms with van der Waals surface area (Å²) in [5.41, 5.74) is 3.17. The van der Waals surface area contributed by atoms with Crippen molar-refractivity contribution in [1.82, 2.24) is 9.88 Å². The second-order valence-electron chi connectivity index (χ2n) is 10.5. The molecule has 0 saturated heterocycles. The second kappa shape index (κ2) is 15.5. The number of aromatic hydroxyl groups is 1. The van der Waals surface area contributed by atoms with Crippen LogP contribution in [-0.2, 0) is 27.1 Å². The summed E-state index contributed by atoms with van der Waals surface area (Å²) < 4.78 is 16.3. The van der Waals surface area contributed by atoms with Gasteiger partial charge in [-0.1, -0.05) is 55.7 Å². The molecule has 42 heavy (non-hydrogen) atoms. The summed E-state index contributed by atoms with van der Waals surface area (Å²) in [5, 5.41) is 10.3. The average Bonchev–Trinajstić information content (AvgIpc) is 3.43. The molecule has 1 aromatic carbocycles. The molecule has 1 aromatic heterocycles. The number of carbonyl (C=O) groups is 2. The molecule has 0 bridgehead atoms. The van der Waals surface area contributed by atoms with E-state index in [2.05, 4.69) is 23.4 Å². The molecule has 0 saturated carbocycles. The van der Waals surface area contributed by atoms with Crippen molar-refractivity contribution >= 4 is 17.4 Å². The molecule has 0 aliphatic carbocycles. The molecule has 8 heteroatoms. The maximum atomic E-state index is 12.6. The number of phenolic OH excluding ortho intramolecular Hbond substituents is 1. The Labute approximate surface area is 248 Å². The van der Waals surface area contributed by atoms with Crippen LogP contribution in [0, 0.1) is 24.7 Å². The minimum atomic E-state index is -0.490. The summed E-state index contributed by atoms with van der Waals surface area (Å²) in [6, 6.07) is 3.70. The zero-order valence-corrected chi connectivity index (χ0v) is 25.1. The Balaban J connectivity index is 1.39. The molecule has 1 amide bonds.